The third-order valence-corrected chi connectivity index (χ3v) is 2.90. The van der Waals surface area contributed by atoms with Crippen molar-refractivity contribution in [3.8, 4) is 0 Å². The first-order valence-electron chi connectivity index (χ1n) is 5.19. The van der Waals surface area contributed by atoms with Crippen LogP contribution in [-0.4, -0.2) is 68.0 Å². The van der Waals surface area contributed by atoms with E-state index in [9.17, 15) is 17.6 Å². The van der Waals surface area contributed by atoms with E-state index in [1.807, 2.05) is 0 Å². The van der Waals surface area contributed by atoms with Crippen molar-refractivity contribution in [1.82, 2.24) is 9.80 Å². The number of halogens is 5. The molecule has 1 fully saturated rings. The molecule has 0 saturated carbocycles. The highest BCUT2D eigenvalue weighted by Gasteiger charge is 2.59. The first kappa shape index (κ1) is 15.9. The molecule has 1 saturated heterocycles. The Kier molecular flexibility index (Phi) is 5.60. The zero-order valence-electron chi connectivity index (χ0n) is 9.95. The summed E-state index contributed by atoms with van der Waals surface area (Å²) in [5.41, 5.74) is -1.35. The van der Waals surface area contributed by atoms with Crippen LogP contribution in [-0.2, 0) is 9.47 Å². The van der Waals surface area contributed by atoms with Crippen molar-refractivity contribution in [2.75, 3.05) is 34.0 Å². The summed E-state index contributed by atoms with van der Waals surface area (Å²) in [5, 5.41) is 0. The fourth-order valence-corrected chi connectivity index (χ4v) is 2.14. The maximum atomic E-state index is 13.8. The zero-order chi connectivity index (χ0) is 13.9. The molecule has 18 heavy (non-hydrogen) atoms. The second-order valence-corrected chi connectivity index (χ2v) is 4.29. The minimum atomic E-state index is -3.83. The SMILES string of the molecule is COCC(F)N1CC(Cl)N(C(F)COC)C1(F)F. The molecule has 0 aromatic carbocycles. The second kappa shape index (κ2) is 6.33. The van der Waals surface area contributed by atoms with Crippen LogP contribution in [0.4, 0.5) is 17.6 Å². The summed E-state index contributed by atoms with van der Waals surface area (Å²) < 4.78 is 63.6. The molecule has 1 rings (SSSR count). The van der Waals surface area contributed by atoms with Crippen LogP contribution in [0.2, 0.25) is 0 Å². The molecule has 0 aromatic heterocycles. The van der Waals surface area contributed by atoms with Crippen molar-refractivity contribution < 1.29 is 27.0 Å². The van der Waals surface area contributed by atoms with E-state index in [4.69, 9.17) is 11.6 Å². The van der Waals surface area contributed by atoms with Crippen LogP contribution in [0.25, 0.3) is 0 Å². The molecule has 4 nitrogen and oxygen atoms in total. The van der Waals surface area contributed by atoms with Gasteiger partial charge in [-0.25, -0.2) is 8.78 Å². The average Bonchev–Trinajstić information content (AvgIpc) is 2.49. The summed E-state index contributed by atoms with van der Waals surface area (Å²) in [4.78, 5) is 0.247. The van der Waals surface area contributed by atoms with E-state index in [-0.39, 0.29) is 9.80 Å². The van der Waals surface area contributed by atoms with Gasteiger partial charge in [0.05, 0.1) is 13.2 Å². The van der Waals surface area contributed by atoms with Gasteiger partial charge in [-0.1, -0.05) is 0 Å². The second-order valence-electron chi connectivity index (χ2n) is 3.78. The molecule has 0 aliphatic carbocycles. The lowest BCUT2D eigenvalue weighted by molar-refractivity contribution is -0.267. The van der Waals surface area contributed by atoms with E-state index in [1.165, 1.54) is 14.2 Å². The largest absolute Gasteiger partial charge is 0.380 e. The normalized spacial score (nSPS) is 28.5. The molecular weight excluding hydrogens is 280 g/mol. The highest BCUT2D eigenvalue weighted by molar-refractivity contribution is 6.20. The van der Waals surface area contributed by atoms with Crippen LogP contribution in [0, 0.1) is 0 Å². The maximum Gasteiger partial charge on any atom is 0.375 e. The molecule has 0 spiro atoms. The summed E-state index contributed by atoms with van der Waals surface area (Å²) >= 11 is 5.63. The van der Waals surface area contributed by atoms with E-state index in [0.29, 0.717) is 0 Å². The van der Waals surface area contributed by atoms with Crippen molar-refractivity contribution in [2.24, 2.45) is 0 Å². The van der Waals surface area contributed by atoms with Gasteiger partial charge in [-0.3, -0.25) is 0 Å². The smallest absolute Gasteiger partial charge is 0.375 e. The number of hydrogen-bond acceptors (Lipinski definition) is 4. The van der Waals surface area contributed by atoms with Crippen molar-refractivity contribution in [3.63, 3.8) is 0 Å². The Morgan fingerprint density at radius 1 is 1.22 bits per heavy atom. The molecule has 3 atom stereocenters. The highest BCUT2D eigenvalue weighted by Crippen LogP contribution is 2.39. The number of nitrogens with zero attached hydrogens (tertiary/aromatic N) is 2. The molecule has 0 N–H and O–H groups in total. The van der Waals surface area contributed by atoms with Crippen LogP contribution >= 0.6 is 11.6 Å². The van der Waals surface area contributed by atoms with Gasteiger partial charge >= 0.3 is 6.17 Å². The summed E-state index contributed by atoms with van der Waals surface area (Å²) in [7, 11) is 2.35. The molecule has 1 aliphatic heterocycles. The quantitative estimate of drug-likeness (QED) is 0.422. The van der Waals surface area contributed by atoms with Gasteiger partial charge in [-0.15, -0.1) is 11.6 Å². The van der Waals surface area contributed by atoms with Crippen LogP contribution in [0.5, 0.6) is 0 Å². The molecule has 3 unspecified atom stereocenters. The lowest BCUT2D eigenvalue weighted by Crippen LogP contribution is -2.53. The Bertz CT molecular complexity index is 275. The first-order valence-corrected chi connectivity index (χ1v) is 5.63. The molecule has 0 aromatic rings. The number of hydrogen-bond donors (Lipinski definition) is 0. The minimum Gasteiger partial charge on any atom is -0.380 e. The molecule has 108 valence electrons. The van der Waals surface area contributed by atoms with Crippen LogP contribution in [0.3, 0.4) is 0 Å². The third-order valence-electron chi connectivity index (χ3n) is 2.55. The molecule has 9 heteroatoms. The lowest BCUT2D eigenvalue weighted by atomic mass is 10.5. The van der Waals surface area contributed by atoms with E-state index in [1.54, 1.807) is 0 Å². The predicted molar refractivity (Wildman–Crippen MR) is 56.7 cm³/mol. The van der Waals surface area contributed by atoms with Crippen molar-refractivity contribution in [1.29, 1.82) is 0 Å². The molecule has 1 heterocycles. The zero-order valence-corrected chi connectivity index (χ0v) is 10.7. The standard InChI is InChI=1S/C9H15ClF4N2O2/c1-17-4-7(11)15-3-6(10)16(9(15,13)14)8(12)5-18-2/h6-8H,3-5H2,1-2H3. The van der Waals surface area contributed by atoms with Gasteiger partial charge in [0.2, 0.25) is 0 Å². The summed E-state index contributed by atoms with van der Waals surface area (Å²) in [6.07, 6.45) is -8.01. The molecule has 0 radical (unpaired) electrons. The number of alkyl halides is 5. The number of methoxy groups -OCH3 is 2. The number of ether oxygens (including phenoxy) is 2. The Labute approximate surface area is 107 Å². The van der Waals surface area contributed by atoms with Gasteiger partial charge in [0.25, 0.3) is 0 Å². The molecule has 1 aliphatic rings. The summed E-state index contributed by atoms with van der Waals surface area (Å²) in [5.74, 6) is 0. The van der Waals surface area contributed by atoms with Crippen LogP contribution < -0.4 is 0 Å². The molecule has 0 bridgehead atoms. The predicted octanol–water partition coefficient (Wildman–Crippen LogP) is 1.60. The Morgan fingerprint density at radius 3 is 2.22 bits per heavy atom. The topological polar surface area (TPSA) is 24.9 Å². The van der Waals surface area contributed by atoms with E-state index >= 15 is 0 Å². The first-order chi connectivity index (χ1) is 8.36. The summed E-state index contributed by atoms with van der Waals surface area (Å²) in [6.45, 7) is -1.63. The van der Waals surface area contributed by atoms with Crippen molar-refractivity contribution in [2.45, 2.75) is 24.3 Å². The average molecular weight is 295 g/mol. The lowest BCUT2D eigenvalue weighted by Gasteiger charge is -2.32. The van der Waals surface area contributed by atoms with Gasteiger partial charge in [0, 0.05) is 20.8 Å². The van der Waals surface area contributed by atoms with Crippen molar-refractivity contribution in [3.05, 3.63) is 0 Å². The highest BCUT2D eigenvalue weighted by atomic mass is 35.5. The maximum absolute atomic E-state index is 13.8. The van der Waals surface area contributed by atoms with Crippen LogP contribution in [0.15, 0.2) is 0 Å². The third kappa shape index (κ3) is 3.05. The summed E-state index contributed by atoms with van der Waals surface area (Å²) in [6, 6.07) is 0. The fourth-order valence-electron chi connectivity index (χ4n) is 1.75. The van der Waals surface area contributed by atoms with Gasteiger partial charge in [-0.2, -0.15) is 18.6 Å². The Hall–Kier alpha value is -0.150. The monoisotopic (exact) mass is 294 g/mol. The molecule has 0 amide bonds. The van der Waals surface area contributed by atoms with Gasteiger partial charge < -0.3 is 9.47 Å². The molecular formula is C9H15ClF4N2O2. The Morgan fingerprint density at radius 2 is 1.72 bits per heavy atom. The minimum absolute atomic E-state index is 0.0836. The van der Waals surface area contributed by atoms with Crippen molar-refractivity contribution >= 4 is 11.6 Å². The van der Waals surface area contributed by atoms with E-state index in [0.717, 1.165) is 0 Å². The van der Waals surface area contributed by atoms with Gasteiger partial charge in [0.1, 0.15) is 5.50 Å². The fraction of sp³-hybridized carbons (Fsp3) is 1.00. The van der Waals surface area contributed by atoms with Crippen LogP contribution in [0.1, 0.15) is 0 Å². The van der Waals surface area contributed by atoms with E-state index in [2.05, 4.69) is 9.47 Å². The van der Waals surface area contributed by atoms with Gasteiger partial charge in [0.15, 0.2) is 12.6 Å². The number of rotatable bonds is 6. The Balaban J connectivity index is 2.82. The van der Waals surface area contributed by atoms with E-state index < -0.39 is 44.0 Å². The van der Waals surface area contributed by atoms with Gasteiger partial charge in [-0.05, 0) is 0 Å².